The Morgan fingerprint density at radius 1 is 1.17 bits per heavy atom. The van der Waals surface area contributed by atoms with Crippen molar-refractivity contribution >= 4 is 15.9 Å². The second-order valence-corrected chi connectivity index (χ2v) is 7.32. The molecular formula is C18H20BrN3O. The topological polar surface area (TPSA) is 38.2 Å². The lowest BCUT2D eigenvalue weighted by atomic mass is 9.78. The summed E-state index contributed by atoms with van der Waals surface area (Å²) in [5, 5.41) is 0. The van der Waals surface area contributed by atoms with Crippen molar-refractivity contribution in [3.63, 3.8) is 0 Å². The zero-order chi connectivity index (χ0) is 15.6. The summed E-state index contributed by atoms with van der Waals surface area (Å²) in [7, 11) is 0. The molecule has 120 valence electrons. The maximum absolute atomic E-state index is 6.34. The van der Waals surface area contributed by atoms with Crippen LogP contribution in [0.2, 0.25) is 0 Å². The predicted octanol–water partition coefficient (Wildman–Crippen LogP) is 3.32. The van der Waals surface area contributed by atoms with Gasteiger partial charge in [-0.25, -0.2) is 4.98 Å². The van der Waals surface area contributed by atoms with Gasteiger partial charge in [-0.2, -0.15) is 0 Å². The van der Waals surface area contributed by atoms with Gasteiger partial charge in [0.05, 0.1) is 6.04 Å². The third-order valence-corrected chi connectivity index (χ3v) is 5.48. The summed E-state index contributed by atoms with van der Waals surface area (Å²) >= 11 is 3.43. The van der Waals surface area contributed by atoms with Crippen LogP contribution in [0.5, 0.6) is 5.88 Å². The Balaban J connectivity index is 1.55. The summed E-state index contributed by atoms with van der Waals surface area (Å²) in [6, 6.07) is 8.52. The number of aromatic nitrogens is 2. The van der Waals surface area contributed by atoms with Crippen molar-refractivity contribution in [2.45, 2.75) is 31.4 Å². The first-order chi connectivity index (χ1) is 11.3. The van der Waals surface area contributed by atoms with Crippen LogP contribution in [0.4, 0.5) is 0 Å². The van der Waals surface area contributed by atoms with Crippen molar-refractivity contribution in [1.82, 2.24) is 14.9 Å². The molecule has 4 nitrogen and oxygen atoms in total. The summed E-state index contributed by atoms with van der Waals surface area (Å²) < 4.78 is 7.31. The number of halogens is 1. The van der Waals surface area contributed by atoms with Crippen LogP contribution in [0.25, 0.3) is 0 Å². The number of ether oxygens (including phenoxy) is 1. The highest BCUT2D eigenvalue weighted by atomic mass is 79.9. The van der Waals surface area contributed by atoms with Crippen LogP contribution in [0.3, 0.4) is 0 Å². The lowest BCUT2D eigenvalue weighted by molar-refractivity contribution is -0.0596. The first-order valence-corrected chi connectivity index (χ1v) is 9.00. The zero-order valence-corrected chi connectivity index (χ0v) is 14.5. The van der Waals surface area contributed by atoms with Crippen molar-refractivity contribution in [3.05, 3.63) is 52.9 Å². The van der Waals surface area contributed by atoms with Crippen molar-refractivity contribution in [2.75, 3.05) is 13.1 Å². The molecule has 0 unspecified atom stereocenters. The lowest BCUT2D eigenvalue weighted by Crippen LogP contribution is -2.60. The minimum atomic E-state index is 0.214. The Labute approximate surface area is 145 Å². The fourth-order valence-corrected chi connectivity index (χ4v) is 4.09. The largest absolute Gasteiger partial charge is 0.472 e. The number of nitrogens with zero attached hydrogens (tertiary/aromatic N) is 3. The molecule has 3 fully saturated rings. The van der Waals surface area contributed by atoms with E-state index in [0.717, 1.165) is 16.8 Å². The van der Waals surface area contributed by atoms with Crippen LogP contribution in [0.15, 0.2) is 47.3 Å². The highest BCUT2D eigenvalue weighted by Gasteiger charge is 2.43. The monoisotopic (exact) mass is 373 g/mol. The molecular weight excluding hydrogens is 354 g/mol. The fraction of sp³-hybridized carbons (Fsp3) is 0.444. The van der Waals surface area contributed by atoms with E-state index in [9.17, 15) is 0 Å². The van der Waals surface area contributed by atoms with Gasteiger partial charge in [0.1, 0.15) is 6.10 Å². The minimum Gasteiger partial charge on any atom is -0.472 e. The molecule has 0 aromatic carbocycles. The van der Waals surface area contributed by atoms with Crippen molar-refractivity contribution in [1.29, 1.82) is 0 Å². The van der Waals surface area contributed by atoms with E-state index < -0.39 is 0 Å². The van der Waals surface area contributed by atoms with Crippen LogP contribution in [0.1, 0.15) is 18.4 Å². The molecule has 5 rings (SSSR count). The molecule has 3 saturated heterocycles. The standard InChI is InChI=1S/C18H20BrN3O/c19-15-3-4-17(21-12-15)23-18-14-5-8-22(9-6-14)16(18)10-13-2-1-7-20-11-13/h1-4,7,11-12,14,16,18H,5-6,8-10H2/t16-,18+/m1/s1. The number of pyridine rings is 2. The Morgan fingerprint density at radius 3 is 2.74 bits per heavy atom. The van der Waals surface area contributed by atoms with Gasteiger partial charge in [-0.15, -0.1) is 0 Å². The van der Waals surface area contributed by atoms with Crippen LogP contribution in [-0.2, 0) is 6.42 Å². The Morgan fingerprint density at radius 2 is 2.04 bits per heavy atom. The van der Waals surface area contributed by atoms with Gasteiger partial charge in [-0.3, -0.25) is 9.88 Å². The van der Waals surface area contributed by atoms with E-state index in [1.807, 2.05) is 30.6 Å². The van der Waals surface area contributed by atoms with E-state index in [1.165, 1.54) is 31.5 Å². The highest BCUT2D eigenvalue weighted by Crippen LogP contribution is 2.36. The van der Waals surface area contributed by atoms with E-state index in [1.54, 1.807) is 6.20 Å². The molecule has 0 saturated carbocycles. The molecule has 3 aliphatic heterocycles. The maximum atomic E-state index is 6.34. The Bertz CT molecular complexity index is 641. The third-order valence-electron chi connectivity index (χ3n) is 5.01. The molecule has 2 aromatic rings. The van der Waals surface area contributed by atoms with Crippen molar-refractivity contribution in [2.24, 2.45) is 5.92 Å². The number of hydrogen-bond donors (Lipinski definition) is 0. The average Bonchev–Trinajstić information content (AvgIpc) is 2.61. The summed E-state index contributed by atoms with van der Waals surface area (Å²) in [5.41, 5.74) is 1.28. The van der Waals surface area contributed by atoms with Crippen molar-refractivity contribution in [3.8, 4) is 5.88 Å². The highest BCUT2D eigenvalue weighted by molar-refractivity contribution is 9.10. The normalized spacial score (nSPS) is 29.4. The predicted molar refractivity (Wildman–Crippen MR) is 92.4 cm³/mol. The second kappa shape index (κ2) is 6.57. The van der Waals surface area contributed by atoms with Gasteiger partial charge in [0, 0.05) is 29.1 Å². The first kappa shape index (κ1) is 15.1. The number of rotatable bonds is 4. The molecule has 0 N–H and O–H groups in total. The molecule has 2 atom stereocenters. The van der Waals surface area contributed by atoms with Gasteiger partial charge >= 0.3 is 0 Å². The molecule has 2 aromatic heterocycles. The van der Waals surface area contributed by atoms with E-state index in [0.29, 0.717) is 12.0 Å². The van der Waals surface area contributed by atoms with Crippen LogP contribution >= 0.6 is 15.9 Å². The summed E-state index contributed by atoms with van der Waals surface area (Å²) in [6.45, 7) is 2.37. The average molecular weight is 374 g/mol. The van der Waals surface area contributed by atoms with Crippen molar-refractivity contribution < 1.29 is 4.74 Å². The van der Waals surface area contributed by atoms with Gasteiger partial charge in [0.25, 0.3) is 0 Å². The van der Waals surface area contributed by atoms with E-state index in [-0.39, 0.29) is 6.10 Å². The van der Waals surface area contributed by atoms with Crippen LogP contribution in [-0.4, -0.2) is 40.1 Å². The third kappa shape index (κ3) is 3.26. The van der Waals surface area contributed by atoms with Crippen LogP contribution in [0, 0.1) is 5.92 Å². The zero-order valence-electron chi connectivity index (χ0n) is 12.9. The van der Waals surface area contributed by atoms with Gasteiger partial charge in [-0.1, -0.05) is 6.07 Å². The second-order valence-electron chi connectivity index (χ2n) is 6.40. The van der Waals surface area contributed by atoms with Crippen LogP contribution < -0.4 is 4.74 Å². The summed E-state index contributed by atoms with van der Waals surface area (Å²) in [6.07, 6.45) is 9.26. The van der Waals surface area contributed by atoms with E-state index in [4.69, 9.17) is 4.74 Å². The molecule has 2 bridgehead atoms. The number of piperidine rings is 3. The quantitative estimate of drug-likeness (QED) is 0.823. The van der Waals surface area contributed by atoms with E-state index >= 15 is 0 Å². The molecule has 0 amide bonds. The molecule has 0 radical (unpaired) electrons. The molecule has 0 aliphatic carbocycles. The summed E-state index contributed by atoms with van der Waals surface area (Å²) in [5.74, 6) is 1.36. The lowest BCUT2D eigenvalue weighted by Gasteiger charge is -2.50. The molecule has 3 aliphatic rings. The SMILES string of the molecule is Brc1ccc(O[C@H]2C3CCN(CC3)[C@@H]2Cc2cccnc2)nc1. The summed E-state index contributed by atoms with van der Waals surface area (Å²) in [4.78, 5) is 11.2. The fourth-order valence-electron chi connectivity index (χ4n) is 3.85. The van der Waals surface area contributed by atoms with Gasteiger partial charge in [0.15, 0.2) is 0 Å². The molecule has 0 spiro atoms. The smallest absolute Gasteiger partial charge is 0.213 e. The molecule has 23 heavy (non-hydrogen) atoms. The van der Waals surface area contributed by atoms with Gasteiger partial charge in [-0.05, 0) is 71.9 Å². The number of fused-ring (bicyclic) bond motifs is 3. The molecule has 5 heterocycles. The molecule has 5 heteroatoms. The van der Waals surface area contributed by atoms with Gasteiger partial charge in [0.2, 0.25) is 5.88 Å². The minimum absolute atomic E-state index is 0.214. The Hall–Kier alpha value is -1.46. The Kier molecular flexibility index (Phi) is 4.31. The maximum Gasteiger partial charge on any atom is 0.213 e. The van der Waals surface area contributed by atoms with Gasteiger partial charge < -0.3 is 4.74 Å². The van der Waals surface area contributed by atoms with E-state index in [2.05, 4.69) is 36.9 Å². The first-order valence-electron chi connectivity index (χ1n) is 8.21. The number of hydrogen-bond acceptors (Lipinski definition) is 4.